The number of nitrogens with zero attached hydrogens (tertiary/aromatic N) is 1. The van der Waals surface area contributed by atoms with Gasteiger partial charge in [-0.05, 0) is 49.3 Å². The molecule has 2 atom stereocenters. The second kappa shape index (κ2) is 8.73. The van der Waals surface area contributed by atoms with E-state index in [9.17, 15) is 9.59 Å². The molecule has 2 amide bonds. The Labute approximate surface area is 161 Å². The number of benzene rings is 1. The number of methoxy groups -OCH3 is 1. The third kappa shape index (κ3) is 4.68. The summed E-state index contributed by atoms with van der Waals surface area (Å²) in [6.07, 6.45) is 2.45. The lowest BCUT2D eigenvalue weighted by Crippen LogP contribution is -2.41. The number of hydrogen-bond donors (Lipinski definition) is 2. The molecule has 1 heterocycles. The molecule has 2 N–H and O–H groups in total. The summed E-state index contributed by atoms with van der Waals surface area (Å²) < 4.78 is 5.32. The number of rotatable bonds is 6. The maximum atomic E-state index is 12.7. The van der Waals surface area contributed by atoms with Gasteiger partial charge in [-0.15, -0.1) is 12.4 Å². The quantitative estimate of drug-likeness (QED) is 0.785. The molecular formula is C19H28ClN3O3. The maximum Gasteiger partial charge on any atom is 0.251 e. The van der Waals surface area contributed by atoms with E-state index in [0.717, 1.165) is 24.4 Å². The van der Waals surface area contributed by atoms with Crippen LogP contribution in [0.3, 0.4) is 0 Å². The van der Waals surface area contributed by atoms with Gasteiger partial charge >= 0.3 is 0 Å². The van der Waals surface area contributed by atoms with Crippen molar-refractivity contribution in [1.29, 1.82) is 0 Å². The molecule has 3 rings (SSSR count). The van der Waals surface area contributed by atoms with Crippen molar-refractivity contribution in [3.63, 3.8) is 0 Å². The molecule has 2 aliphatic rings. The van der Waals surface area contributed by atoms with Crippen molar-refractivity contribution in [3.8, 4) is 5.75 Å². The summed E-state index contributed by atoms with van der Waals surface area (Å²) in [5.41, 5.74) is 1.62. The zero-order valence-corrected chi connectivity index (χ0v) is 16.4. The average Bonchev–Trinajstić information content (AvgIpc) is 3.37. The number of aryl methyl sites for hydroxylation is 1. The van der Waals surface area contributed by atoms with Crippen LogP contribution in [0.2, 0.25) is 0 Å². The van der Waals surface area contributed by atoms with Crippen LogP contribution in [0.1, 0.15) is 28.8 Å². The third-order valence-electron chi connectivity index (χ3n) is 5.30. The van der Waals surface area contributed by atoms with Crippen molar-refractivity contribution in [2.24, 2.45) is 11.8 Å². The van der Waals surface area contributed by atoms with Gasteiger partial charge in [0, 0.05) is 31.7 Å². The van der Waals surface area contributed by atoms with E-state index in [1.807, 2.05) is 19.1 Å². The minimum absolute atomic E-state index is 0. The molecule has 0 radical (unpaired) electrons. The molecule has 1 aromatic carbocycles. The smallest absolute Gasteiger partial charge is 0.251 e. The Bertz CT molecular complexity index is 663. The standard InChI is InChI=1S/C19H27N3O3.ClH/c1-12-4-5-14(8-17(12)25-3)19(24)21-16-10-22(11-18(23)20-2)9-15(16)13-6-7-13;/h4-5,8,13,15-16H,6-7,9-11H2,1-3H3,(H,20,23)(H,21,24);1H/t15-,16+;/m1./s1. The van der Waals surface area contributed by atoms with Gasteiger partial charge in [0.2, 0.25) is 5.91 Å². The Morgan fingerprint density at radius 3 is 2.62 bits per heavy atom. The molecular weight excluding hydrogens is 354 g/mol. The summed E-state index contributed by atoms with van der Waals surface area (Å²) >= 11 is 0. The van der Waals surface area contributed by atoms with Gasteiger partial charge in [0.25, 0.3) is 5.91 Å². The minimum atomic E-state index is -0.0734. The van der Waals surface area contributed by atoms with Crippen LogP contribution in [0, 0.1) is 18.8 Å². The highest BCUT2D eigenvalue weighted by molar-refractivity contribution is 5.95. The fourth-order valence-electron chi connectivity index (χ4n) is 3.69. The van der Waals surface area contributed by atoms with E-state index in [0.29, 0.717) is 23.9 Å². The molecule has 26 heavy (non-hydrogen) atoms. The number of halogens is 1. The lowest BCUT2D eigenvalue weighted by molar-refractivity contribution is -0.121. The normalized spacial score (nSPS) is 22.4. The second-order valence-electron chi connectivity index (χ2n) is 7.13. The van der Waals surface area contributed by atoms with Gasteiger partial charge in [-0.2, -0.15) is 0 Å². The van der Waals surface area contributed by atoms with Crippen molar-refractivity contribution < 1.29 is 14.3 Å². The van der Waals surface area contributed by atoms with Crippen LogP contribution in [0.15, 0.2) is 18.2 Å². The number of nitrogens with one attached hydrogen (secondary N) is 2. The lowest BCUT2D eigenvalue weighted by atomic mass is 9.97. The molecule has 0 bridgehead atoms. The number of amides is 2. The average molecular weight is 382 g/mol. The second-order valence-corrected chi connectivity index (χ2v) is 7.13. The third-order valence-corrected chi connectivity index (χ3v) is 5.30. The molecule has 1 aliphatic carbocycles. The molecule has 0 aromatic heterocycles. The predicted octanol–water partition coefficient (Wildman–Crippen LogP) is 1.61. The first-order chi connectivity index (χ1) is 12.0. The molecule has 144 valence electrons. The van der Waals surface area contributed by atoms with Crippen molar-refractivity contribution >= 4 is 24.2 Å². The molecule has 1 aliphatic heterocycles. The van der Waals surface area contributed by atoms with Crippen LogP contribution < -0.4 is 15.4 Å². The van der Waals surface area contributed by atoms with Crippen LogP contribution in [-0.4, -0.2) is 56.5 Å². The lowest BCUT2D eigenvalue weighted by Gasteiger charge is -2.20. The molecule has 2 fully saturated rings. The van der Waals surface area contributed by atoms with Gasteiger partial charge < -0.3 is 15.4 Å². The first-order valence-electron chi connectivity index (χ1n) is 8.90. The van der Waals surface area contributed by atoms with Gasteiger partial charge in [0.15, 0.2) is 0 Å². The first kappa shape index (κ1) is 20.5. The number of ether oxygens (including phenoxy) is 1. The van der Waals surface area contributed by atoms with Crippen LogP contribution in [0.4, 0.5) is 0 Å². The Morgan fingerprint density at radius 2 is 2.00 bits per heavy atom. The zero-order chi connectivity index (χ0) is 18.0. The van der Waals surface area contributed by atoms with Gasteiger partial charge in [-0.3, -0.25) is 14.5 Å². The van der Waals surface area contributed by atoms with Crippen molar-refractivity contribution in [1.82, 2.24) is 15.5 Å². The van der Waals surface area contributed by atoms with Crippen LogP contribution >= 0.6 is 12.4 Å². The highest BCUT2D eigenvalue weighted by Gasteiger charge is 2.43. The Kier molecular flexibility index (Phi) is 6.89. The molecule has 1 aromatic rings. The van der Waals surface area contributed by atoms with E-state index in [4.69, 9.17) is 4.74 Å². The van der Waals surface area contributed by atoms with Crippen molar-refractivity contribution in [2.45, 2.75) is 25.8 Å². The molecule has 6 nitrogen and oxygen atoms in total. The summed E-state index contributed by atoms with van der Waals surface area (Å²) in [5.74, 6) is 1.77. The van der Waals surface area contributed by atoms with E-state index in [2.05, 4.69) is 15.5 Å². The summed E-state index contributed by atoms with van der Waals surface area (Å²) in [5, 5.41) is 5.86. The number of likely N-dealkylation sites (N-methyl/N-ethyl adjacent to an activating group) is 1. The van der Waals surface area contributed by atoms with Gasteiger partial charge in [0.05, 0.1) is 13.7 Å². The number of carbonyl (C=O) groups excluding carboxylic acids is 2. The minimum Gasteiger partial charge on any atom is -0.496 e. The van der Waals surface area contributed by atoms with Gasteiger partial charge in [0.1, 0.15) is 5.75 Å². The summed E-state index contributed by atoms with van der Waals surface area (Å²) in [6, 6.07) is 5.61. The van der Waals surface area contributed by atoms with Crippen molar-refractivity contribution in [2.75, 3.05) is 33.8 Å². The first-order valence-corrected chi connectivity index (χ1v) is 8.90. The van der Waals surface area contributed by atoms with Crippen LogP contribution in [0.5, 0.6) is 5.75 Å². The van der Waals surface area contributed by atoms with E-state index >= 15 is 0 Å². The Morgan fingerprint density at radius 1 is 1.27 bits per heavy atom. The fourth-order valence-corrected chi connectivity index (χ4v) is 3.69. The summed E-state index contributed by atoms with van der Waals surface area (Å²) in [4.78, 5) is 26.5. The Balaban J connectivity index is 0.00000243. The molecule has 1 saturated heterocycles. The molecule has 0 spiro atoms. The van der Waals surface area contributed by atoms with E-state index in [1.54, 1.807) is 20.2 Å². The SMILES string of the molecule is CNC(=O)CN1C[C@H](NC(=O)c2ccc(C)c(OC)c2)[C@@H](C2CC2)C1.Cl. The van der Waals surface area contributed by atoms with Gasteiger partial charge in [-0.1, -0.05) is 6.07 Å². The maximum absolute atomic E-state index is 12.7. The monoisotopic (exact) mass is 381 g/mol. The topological polar surface area (TPSA) is 70.7 Å². The van der Waals surface area contributed by atoms with Crippen LogP contribution in [-0.2, 0) is 4.79 Å². The highest BCUT2D eigenvalue weighted by Crippen LogP contribution is 2.41. The summed E-state index contributed by atoms with van der Waals surface area (Å²) in [7, 11) is 3.27. The molecule has 7 heteroatoms. The zero-order valence-electron chi connectivity index (χ0n) is 15.6. The number of hydrogen-bond acceptors (Lipinski definition) is 4. The molecule has 1 saturated carbocycles. The van der Waals surface area contributed by atoms with E-state index in [1.165, 1.54) is 12.8 Å². The largest absolute Gasteiger partial charge is 0.496 e. The fraction of sp³-hybridized carbons (Fsp3) is 0.579. The number of carbonyl (C=O) groups is 2. The highest BCUT2D eigenvalue weighted by atomic mass is 35.5. The van der Waals surface area contributed by atoms with E-state index < -0.39 is 0 Å². The predicted molar refractivity (Wildman–Crippen MR) is 103 cm³/mol. The van der Waals surface area contributed by atoms with E-state index in [-0.39, 0.29) is 30.3 Å². The van der Waals surface area contributed by atoms with Gasteiger partial charge in [-0.25, -0.2) is 0 Å². The Hall–Kier alpha value is -1.79. The molecule has 0 unspecified atom stereocenters. The van der Waals surface area contributed by atoms with Crippen molar-refractivity contribution in [3.05, 3.63) is 29.3 Å². The number of likely N-dealkylation sites (tertiary alicyclic amines) is 1. The summed E-state index contributed by atoms with van der Waals surface area (Å²) in [6.45, 7) is 3.95. The van der Waals surface area contributed by atoms with Crippen LogP contribution in [0.25, 0.3) is 0 Å².